The van der Waals surface area contributed by atoms with Gasteiger partial charge in [0.25, 0.3) is 0 Å². The van der Waals surface area contributed by atoms with E-state index in [9.17, 15) is 18.0 Å². The third-order valence-corrected chi connectivity index (χ3v) is 6.92. The molecule has 1 fully saturated rings. The maximum absolute atomic E-state index is 12.8. The van der Waals surface area contributed by atoms with Crippen LogP contribution in [0.5, 0.6) is 0 Å². The molecule has 1 N–H and O–H groups in total. The summed E-state index contributed by atoms with van der Waals surface area (Å²) in [6.45, 7) is 9.02. The summed E-state index contributed by atoms with van der Waals surface area (Å²) in [5, 5.41) is 0. The number of hydrogen-bond donors (Lipinski definition) is 1. The molecule has 0 aliphatic heterocycles. The zero-order valence-electron chi connectivity index (χ0n) is 17.0. The van der Waals surface area contributed by atoms with E-state index >= 15 is 0 Å². The Labute approximate surface area is 166 Å². The summed E-state index contributed by atoms with van der Waals surface area (Å²) in [7, 11) is -3.80. The van der Waals surface area contributed by atoms with Crippen LogP contribution in [0.15, 0.2) is 29.2 Å². The van der Waals surface area contributed by atoms with Crippen molar-refractivity contribution in [3.63, 3.8) is 0 Å². The Hall–Kier alpha value is -1.93. The Morgan fingerprint density at radius 3 is 2.00 bits per heavy atom. The molecule has 0 aromatic heterocycles. The number of rotatable bonds is 9. The van der Waals surface area contributed by atoms with Gasteiger partial charge in [0.2, 0.25) is 10.0 Å². The minimum Gasteiger partial charge on any atom is -0.465 e. The Bertz CT molecular complexity index is 800. The Morgan fingerprint density at radius 1 is 1.07 bits per heavy atom. The fourth-order valence-electron chi connectivity index (χ4n) is 3.88. The third-order valence-electron chi connectivity index (χ3n) is 5.41. The highest BCUT2D eigenvalue weighted by atomic mass is 32.2. The van der Waals surface area contributed by atoms with Crippen LogP contribution in [-0.4, -0.2) is 39.6 Å². The molecule has 1 aliphatic carbocycles. The lowest BCUT2D eigenvalue weighted by Crippen LogP contribution is -2.41. The molecular formula is C20H29NO6S. The second-order valence-electron chi connectivity index (χ2n) is 7.07. The summed E-state index contributed by atoms with van der Waals surface area (Å²) in [5.41, 5.74) is -0.520. The standard InChI is InChI=1S/C20H29NO6S/c1-6-16(21-28(24,25)15-11-9-13(4)10-12-15)17-14(5)20(17,18(22)26-7-2)19(23)27-8-3/h9-12,14,16-17,21H,6-8H2,1-5H3/t14?,16-,17+/m1/s1. The number of aryl methyl sites for hydroxylation is 1. The lowest BCUT2D eigenvalue weighted by molar-refractivity contribution is -0.166. The van der Waals surface area contributed by atoms with Crippen molar-refractivity contribution in [1.82, 2.24) is 4.72 Å². The molecule has 0 saturated heterocycles. The first kappa shape index (κ1) is 22.4. The smallest absolute Gasteiger partial charge is 0.324 e. The number of esters is 2. The van der Waals surface area contributed by atoms with Gasteiger partial charge in [-0.05, 0) is 45.2 Å². The average molecular weight is 412 g/mol. The zero-order chi connectivity index (χ0) is 21.1. The molecule has 1 saturated carbocycles. The van der Waals surface area contributed by atoms with Gasteiger partial charge in [-0.1, -0.05) is 31.5 Å². The van der Waals surface area contributed by atoms with E-state index in [-0.39, 0.29) is 18.1 Å². The fourth-order valence-corrected chi connectivity index (χ4v) is 5.23. The van der Waals surface area contributed by atoms with Crippen LogP contribution in [0.2, 0.25) is 0 Å². The van der Waals surface area contributed by atoms with Crippen molar-refractivity contribution in [3.8, 4) is 0 Å². The largest absolute Gasteiger partial charge is 0.465 e. The van der Waals surface area contributed by atoms with E-state index < -0.39 is 45.3 Å². The lowest BCUT2D eigenvalue weighted by atomic mass is 9.98. The zero-order valence-corrected chi connectivity index (χ0v) is 17.8. The van der Waals surface area contributed by atoms with Gasteiger partial charge < -0.3 is 9.47 Å². The Kier molecular flexibility index (Phi) is 6.88. The van der Waals surface area contributed by atoms with Gasteiger partial charge in [-0.3, -0.25) is 9.59 Å². The van der Waals surface area contributed by atoms with Crippen LogP contribution in [0.1, 0.15) is 39.7 Å². The van der Waals surface area contributed by atoms with E-state index in [1.807, 2.05) is 13.8 Å². The van der Waals surface area contributed by atoms with E-state index in [0.717, 1.165) is 5.56 Å². The average Bonchev–Trinajstić information content (AvgIpc) is 3.27. The molecule has 0 heterocycles. The van der Waals surface area contributed by atoms with Crippen LogP contribution in [0.4, 0.5) is 0 Å². The number of nitrogens with one attached hydrogen (secondary N) is 1. The molecule has 1 unspecified atom stereocenters. The molecule has 0 bridgehead atoms. The molecule has 2 rings (SSSR count). The molecule has 7 nitrogen and oxygen atoms in total. The molecule has 156 valence electrons. The van der Waals surface area contributed by atoms with E-state index in [1.54, 1.807) is 32.9 Å². The van der Waals surface area contributed by atoms with Crippen molar-refractivity contribution >= 4 is 22.0 Å². The van der Waals surface area contributed by atoms with Crippen LogP contribution >= 0.6 is 0 Å². The predicted molar refractivity (Wildman–Crippen MR) is 104 cm³/mol. The van der Waals surface area contributed by atoms with Crippen LogP contribution in [0, 0.1) is 24.2 Å². The fraction of sp³-hybridized carbons (Fsp3) is 0.600. The van der Waals surface area contributed by atoms with Gasteiger partial charge >= 0.3 is 11.9 Å². The van der Waals surface area contributed by atoms with Gasteiger partial charge in [0.05, 0.1) is 18.1 Å². The first-order valence-electron chi connectivity index (χ1n) is 9.60. The van der Waals surface area contributed by atoms with Gasteiger partial charge in [0, 0.05) is 12.0 Å². The molecule has 0 radical (unpaired) electrons. The van der Waals surface area contributed by atoms with Gasteiger partial charge in [-0.25, -0.2) is 13.1 Å². The SMILES string of the molecule is CCOC(=O)C1(C(=O)OCC)C(C)[C@H]1[C@@H](CC)NS(=O)(=O)c1ccc(C)cc1. The topological polar surface area (TPSA) is 98.8 Å². The second-order valence-corrected chi connectivity index (χ2v) is 8.79. The number of carbonyl (C=O) groups is 2. The third kappa shape index (κ3) is 3.93. The molecule has 3 atom stereocenters. The van der Waals surface area contributed by atoms with Gasteiger partial charge in [0.15, 0.2) is 5.41 Å². The maximum Gasteiger partial charge on any atom is 0.324 e. The minimum absolute atomic E-state index is 0.130. The van der Waals surface area contributed by atoms with Crippen LogP contribution in [-0.2, 0) is 29.1 Å². The van der Waals surface area contributed by atoms with Crippen molar-refractivity contribution < 1.29 is 27.5 Å². The molecule has 0 amide bonds. The van der Waals surface area contributed by atoms with E-state index in [1.165, 1.54) is 12.1 Å². The molecule has 1 aromatic rings. The highest BCUT2D eigenvalue weighted by molar-refractivity contribution is 7.89. The number of hydrogen-bond acceptors (Lipinski definition) is 6. The highest BCUT2D eigenvalue weighted by Crippen LogP contribution is 2.62. The van der Waals surface area contributed by atoms with Crippen molar-refractivity contribution in [2.45, 2.75) is 52.0 Å². The number of sulfonamides is 1. The second kappa shape index (κ2) is 8.61. The van der Waals surface area contributed by atoms with E-state index in [4.69, 9.17) is 9.47 Å². The van der Waals surface area contributed by atoms with Gasteiger partial charge in [0.1, 0.15) is 0 Å². The van der Waals surface area contributed by atoms with Crippen molar-refractivity contribution in [3.05, 3.63) is 29.8 Å². The lowest BCUT2D eigenvalue weighted by Gasteiger charge is -2.21. The van der Waals surface area contributed by atoms with Crippen LogP contribution in [0.25, 0.3) is 0 Å². The van der Waals surface area contributed by atoms with Crippen LogP contribution < -0.4 is 4.72 Å². The maximum atomic E-state index is 12.8. The molecule has 8 heteroatoms. The molecule has 1 aromatic carbocycles. The van der Waals surface area contributed by atoms with Crippen molar-refractivity contribution in [2.75, 3.05) is 13.2 Å². The van der Waals surface area contributed by atoms with E-state index in [2.05, 4.69) is 4.72 Å². The molecule has 28 heavy (non-hydrogen) atoms. The highest BCUT2D eigenvalue weighted by Gasteiger charge is 2.76. The van der Waals surface area contributed by atoms with Crippen molar-refractivity contribution in [1.29, 1.82) is 0 Å². The Balaban J connectivity index is 2.33. The predicted octanol–water partition coefficient (Wildman–Crippen LogP) is 2.43. The van der Waals surface area contributed by atoms with E-state index in [0.29, 0.717) is 6.42 Å². The molecular weight excluding hydrogens is 382 g/mol. The normalized spacial score (nSPS) is 21.6. The summed E-state index contributed by atoms with van der Waals surface area (Å²) in [4.78, 5) is 25.5. The molecule has 1 aliphatic rings. The first-order valence-corrected chi connectivity index (χ1v) is 11.1. The number of ether oxygens (including phenoxy) is 2. The summed E-state index contributed by atoms with van der Waals surface area (Å²) in [6, 6.07) is 5.90. The Morgan fingerprint density at radius 2 is 1.57 bits per heavy atom. The summed E-state index contributed by atoms with van der Waals surface area (Å²) in [5.74, 6) is -2.23. The van der Waals surface area contributed by atoms with Crippen molar-refractivity contribution in [2.24, 2.45) is 17.3 Å². The van der Waals surface area contributed by atoms with Gasteiger partial charge in [-0.15, -0.1) is 0 Å². The summed E-state index contributed by atoms with van der Waals surface area (Å²) >= 11 is 0. The molecule has 0 spiro atoms. The quantitative estimate of drug-likeness (QED) is 0.495. The summed E-state index contributed by atoms with van der Waals surface area (Å²) < 4.78 is 38.6. The van der Waals surface area contributed by atoms with Gasteiger partial charge in [-0.2, -0.15) is 0 Å². The minimum atomic E-state index is -3.80. The summed E-state index contributed by atoms with van der Waals surface area (Å²) in [6.07, 6.45) is 0.417. The number of carbonyl (C=O) groups excluding carboxylic acids is 2. The number of benzene rings is 1. The van der Waals surface area contributed by atoms with Crippen LogP contribution in [0.3, 0.4) is 0 Å². The monoisotopic (exact) mass is 411 g/mol. The first-order chi connectivity index (χ1) is 13.2.